The molecule has 1 saturated heterocycles. The Morgan fingerprint density at radius 2 is 1.94 bits per heavy atom. The Labute approximate surface area is 197 Å². The zero-order chi connectivity index (χ0) is 24.3. The number of halogens is 1. The zero-order valence-electron chi connectivity index (χ0n) is 19.0. The lowest BCUT2D eigenvalue weighted by molar-refractivity contribution is -0.215. The van der Waals surface area contributed by atoms with Gasteiger partial charge in [-0.05, 0) is 36.8 Å². The molecule has 8 nitrogen and oxygen atoms in total. The van der Waals surface area contributed by atoms with Crippen LogP contribution in [0.25, 0.3) is 0 Å². The van der Waals surface area contributed by atoms with Gasteiger partial charge in [0.15, 0.2) is 11.9 Å². The second-order valence-corrected chi connectivity index (χ2v) is 9.03. The van der Waals surface area contributed by atoms with Crippen LogP contribution >= 0.6 is 11.6 Å². The number of furan rings is 1. The Morgan fingerprint density at radius 3 is 2.52 bits per heavy atom. The quantitative estimate of drug-likeness (QED) is 0.313. The Balaban J connectivity index is 2.05. The topological polar surface area (TPSA) is 109 Å². The summed E-state index contributed by atoms with van der Waals surface area (Å²) in [4.78, 5) is 48.8. The predicted molar refractivity (Wildman–Crippen MR) is 117 cm³/mol. The third-order valence-corrected chi connectivity index (χ3v) is 7.09. The minimum atomic E-state index is -1.08. The van der Waals surface area contributed by atoms with Crippen molar-refractivity contribution in [1.82, 2.24) is 0 Å². The Bertz CT molecular complexity index is 923. The number of rotatable bonds is 8. The fourth-order valence-electron chi connectivity index (χ4n) is 5.24. The molecular formula is C24H29ClO8. The van der Waals surface area contributed by atoms with Crippen LogP contribution in [0.2, 0.25) is 0 Å². The smallest absolute Gasteiger partial charge is 0.304 e. The standard InChI is InChI=1S/C24H29ClO8/c1-13-19(7-5-6-18(28)11-25)24(14(2)22(21(13)29)31-15(3)26)10-20(17-8-9-30-12-17)33-23(24)32-16(4)27/h8-9,12,14,19-20,22-23H,1,5-7,10-11H2,2-4H3/t14-,19+,20+,22+,23-,24-/m1/s1. The van der Waals surface area contributed by atoms with E-state index in [2.05, 4.69) is 6.58 Å². The second kappa shape index (κ2) is 10.2. The van der Waals surface area contributed by atoms with Crippen LogP contribution in [-0.4, -0.2) is 41.8 Å². The third kappa shape index (κ3) is 4.92. The van der Waals surface area contributed by atoms with Gasteiger partial charge >= 0.3 is 11.9 Å². The minimum Gasteiger partial charge on any atom is -0.472 e. The molecule has 1 aliphatic heterocycles. The molecule has 2 heterocycles. The first kappa shape index (κ1) is 25.2. The molecule has 180 valence electrons. The van der Waals surface area contributed by atoms with Crippen LogP contribution < -0.4 is 0 Å². The van der Waals surface area contributed by atoms with E-state index in [0.717, 1.165) is 5.56 Å². The molecule has 0 aromatic carbocycles. The van der Waals surface area contributed by atoms with E-state index in [-0.39, 0.29) is 29.4 Å². The Hall–Kier alpha value is -2.45. The van der Waals surface area contributed by atoms with Gasteiger partial charge in [-0.15, -0.1) is 11.6 Å². The van der Waals surface area contributed by atoms with Crippen molar-refractivity contribution in [3.63, 3.8) is 0 Å². The average molecular weight is 481 g/mol. The second-order valence-electron chi connectivity index (χ2n) is 8.76. The summed E-state index contributed by atoms with van der Waals surface area (Å²) in [5.41, 5.74) is 0.119. The minimum absolute atomic E-state index is 0.0810. The number of ether oxygens (including phenoxy) is 3. The number of carbonyl (C=O) groups excluding carboxylic acids is 4. The molecule has 3 rings (SSSR count). The Morgan fingerprint density at radius 1 is 1.24 bits per heavy atom. The largest absolute Gasteiger partial charge is 0.472 e. The van der Waals surface area contributed by atoms with Crippen LogP contribution in [0.3, 0.4) is 0 Å². The van der Waals surface area contributed by atoms with Crippen LogP contribution in [0.15, 0.2) is 35.2 Å². The summed E-state index contributed by atoms with van der Waals surface area (Å²) in [6, 6.07) is 1.76. The van der Waals surface area contributed by atoms with E-state index in [9.17, 15) is 19.2 Å². The maximum absolute atomic E-state index is 13.2. The summed E-state index contributed by atoms with van der Waals surface area (Å²) in [7, 11) is 0. The SMILES string of the molecule is C=C1C(=O)[C@@H](OC(C)=O)[C@@H](C)[C@]2(C[C@@H](c3ccoc3)O[C@H]2OC(C)=O)[C@H]1CCCC(=O)CCl. The van der Waals surface area contributed by atoms with Gasteiger partial charge in [-0.3, -0.25) is 19.2 Å². The first-order valence-corrected chi connectivity index (χ1v) is 11.5. The van der Waals surface area contributed by atoms with Gasteiger partial charge in [-0.25, -0.2) is 0 Å². The molecule has 2 fully saturated rings. The molecule has 1 aromatic heterocycles. The monoisotopic (exact) mass is 480 g/mol. The van der Waals surface area contributed by atoms with E-state index in [1.165, 1.54) is 20.1 Å². The van der Waals surface area contributed by atoms with E-state index >= 15 is 0 Å². The molecule has 0 N–H and O–H groups in total. The molecule has 0 radical (unpaired) electrons. The summed E-state index contributed by atoms with van der Waals surface area (Å²) in [5.74, 6) is -2.69. The van der Waals surface area contributed by atoms with Gasteiger partial charge in [0.25, 0.3) is 0 Å². The molecule has 0 unspecified atom stereocenters. The number of ketones is 2. The van der Waals surface area contributed by atoms with Gasteiger partial charge in [0.2, 0.25) is 6.29 Å². The number of hydrogen-bond acceptors (Lipinski definition) is 8. The summed E-state index contributed by atoms with van der Waals surface area (Å²) in [6.45, 7) is 8.36. The first-order valence-electron chi connectivity index (χ1n) is 10.9. The fraction of sp³-hybridized carbons (Fsp3) is 0.583. The lowest BCUT2D eigenvalue weighted by atomic mass is 9.54. The van der Waals surface area contributed by atoms with Crippen molar-refractivity contribution in [3.8, 4) is 0 Å². The molecule has 1 spiro atoms. The van der Waals surface area contributed by atoms with Crippen LogP contribution in [0.4, 0.5) is 0 Å². The molecule has 0 bridgehead atoms. The van der Waals surface area contributed by atoms with Gasteiger partial charge < -0.3 is 18.6 Å². The summed E-state index contributed by atoms with van der Waals surface area (Å²) < 4.78 is 22.5. The highest BCUT2D eigenvalue weighted by atomic mass is 35.5. The number of Topliss-reactive ketones (excluding diaryl/α,β-unsaturated/α-hetero) is 2. The lowest BCUT2D eigenvalue weighted by Crippen LogP contribution is -2.57. The number of esters is 2. The van der Waals surface area contributed by atoms with E-state index < -0.39 is 47.7 Å². The summed E-state index contributed by atoms with van der Waals surface area (Å²) in [5, 5.41) is 0. The van der Waals surface area contributed by atoms with E-state index in [1.54, 1.807) is 19.3 Å². The summed E-state index contributed by atoms with van der Waals surface area (Å²) in [6.07, 6.45) is 2.05. The molecule has 6 atom stereocenters. The molecule has 2 aliphatic rings. The van der Waals surface area contributed by atoms with Crippen LogP contribution in [-0.2, 0) is 33.4 Å². The van der Waals surface area contributed by atoms with E-state index in [1.807, 2.05) is 0 Å². The third-order valence-electron chi connectivity index (χ3n) is 6.79. The van der Waals surface area contributed by atoms with E-state index in [0.29, 0.717) is 19.3 Å². The maximum Gasteiger partial charge on any atom is 0.304 e. The number of hydrogen-bond donors (Lipinski definition) is 0. The van der Waals surface area contributed by atoms with Crippen molar-refractivity contribution < 1.29 is 37.8 Å². The van der Waals surface area contributed by atoms with Crippen LogP contribution in [0.5, 0.6) is 0 Å². The molecular weight excluding hydrogens is 452 g/mol. The van der Waals surface area contributed by atoms with Crippen molar-refractivity contribution in [2.45, 2.75) is 65.0 Å². The van der Waals surface area contributed by atoms with Gasteiger partial charge in [-0.1, -0.05) is 13.5 Å². The van der Waals surface area contributed by atoms with Gasteiger partial charge in [0.1, 0.15) is 5.78 Å². The summed E-state index contributed by atoms with van der Waals surface area (Å²) >= 11 is 5.64. The number of carbonyl (C=O) groups is 4. The van der Waals surface area contributed by atoms with Gasteiger partial charge in [0.05, 0.1) is 24.5 Å². The number of alkyl halides is 1. The first-order chi connectivity index (χ1) is 15.6. The van der Waals surface area contributed by atoms with Crippen LogP contribution in [0.1, 0.15) is 58.1 Å². The molecule has 9 heteroatoms. The van der Waals surface area contributed by atoms with Gasteiger partial charge in [-0.2, -0.15) is 0 Å². The highest BCUT2D eigenvalue weighted by Gasteiger charge is 2.65. The van der Waals surface area contributed by atoms with Crippen LogP contribution in [0, 0.1) is 17.3 Å². The maximum atomic E-state index is 13.2. The Kier molecular flexibility index (Phi) is 7.80. The highest BCUT2D eigenvalue weighted by Crippen LogP contribution is 2.61. The molecule has 1 saturated carbocycles. The average Bonchev–Trinajstić information content (AvgIpc) is 3.41. The normalized spacial score (nSPS) is 31.6. The van der Waals surface area contributed by atoms with Crippen molar-refractivity contribution in [3.05, 3.63) is 36.3 Å². The highest BCUT2D eigenvalue weighted by molar-refractivity contribution is 6.27. The fourth-order valence-corrected chi connectivity index (χ4v) is 5.38. The molecule has 1 aromatic rings. The van der Waals surface area contributed by atoms with Crippen molar-refractivity contribution in [2.75, 3.05) is 5.88 Å². The van der Waals surface area contributed by atoms with Crippen molar-refractivity contribution in [1.29, 1.82) is 0 Å². The molecule has 1 aliphatic carbocycles. The predicted octanol–water partition coefficient (Wildman–Crippen LogP) is 3.92. The lowest BCUT2D eigenvalue weighted by Gasteiger charge is -2.50. The van der Waals surface area contributed by atoms with Crippen molar-refractivity contribution in [2.24, 2.45) is 17.3 Å². The van der Waals surface area contributed by atoms with Gasteiger partial charge in [0, 0.05) is 37.2 Å². The van der Waals surface area contributed by atoms with E-state index in [4.69, 9.17) is 30.2 Å². The molecule has 0 amide bonds. The zero-order valence-corrected chi connectivity index (χ0v) is 19.8. The molecule has 33 heavy (non-hydrogen) atoms. The van der Waals surface area contributed by atoms with Crippen molar-refractivity contribution >= 4 is 35.1 Å².